The third-order valence-corrected chi connectivity index (χ3v) is 4.54. The topological polar surface area (TPSA) is 0 Å². The molecule has 0 heterocycles. The van der Waals surface area contributed by atoms with Gasteiger partial charge >= 0.3 is 0 Å². The van der Waals surface area contributed by atoms with Gasteiger partial charge in [-0.05, 0) is 5.92 Å². The predicted octanol–water partition coefficient (Wildman–Crippen LogP) is 7.72. The van der Waals surface area contributed by atoms with Gasteiger partial charge in [-0.25, -0.2) is 0 Å². The highest BCUT2D eigenvalue weighted by atomic mass is 14.1. The van der Waals surface area contributed by atoms with E-state index in [9.17, 15) is 0 Å². The van der Waals surface area contributed by atoms with Gasteiger partial charge in [-0.1, -0.05) is 124 Å². The normalized spacial score (nSPS) is 11.4. The lowest BCUT2D eigenvalue weighted by molar-refractivity contribution is 0.369. The maximum Gasteiger partial charge on any atom is -0.0414 e. The predicted molar refractivity (Wildman–Crippen MR) is 94.1 cm³/mol. The van der Waals surface area contributed by atoms with Gasteiger partial charge in [0, 0.05) is 0 Å². The maximum absolute atomic E-state index is 3.97. The van der Waals surface area contributed by atoms with Gasteiger partial charge in [-0.3, -0.25) is 0 Å². The second kappa shape index (κ2) is 17.1. The molecule has 0 aromatic carbocycles. The van der Waals surface area contributed by atoms with Crippen molar-refractivity contribution in [3.63, 3.8) is 0 Å². The first kappa shape index (κ1) is 20.0. The molecule has 0 saturated heterocycles. The van der Waals surface area contributed by atoms with E-state index in [4.69, 9.17) is 0 Å². The van der Waals surface area contributed by atoms with Crippen LogP contribution in [0.3, 0.4) is 0 Å². The quantitative estimate of drug-likeness (QED) is 0.254. The Bertz CT molecular complexity index is 147. The van der Waals surface area contributed by atoms with Crippen LogP contribution in [0, 0.1) is 12.8 Å². The fourth-order valence-corrected chi connectivity index (χ4v) is 3.12. The van der Waals surface area contributed by atoms with Crippen molar-refractivity contribution in [2.75, 3.05) is 0 Å². The summed E-state index contributed by atoms with van der Waals surface area (Å²) in [4.78, 5) is 0. The SMILES string of the molecule is [CH2]CCCCC(CCCCCCC)CCCCCCC. The van der Waals surface area contributed by atoms with Crippen molar-refractivity contribution in [3.8, 4) is 0 Å². The van der Waals surface area contributed by atoms with Gasteiger partial charge in [0.15, 0.2) is 0 Å². The van der Waals surface area contributed by atoms with Crippen LogP contribution in [-0.2, 0) is 0 Å². The number of hydrogen-bond acceptors (Lipinski definition) is 0. The fraction of sp³-hybridized carbons (Fsp3) is 0.950. The maximum atomic E-state index is 3.97. The zero-order valence-corrected chi connectivity index (χ0v) is 14.6. The summed E-state index contributed by atoms with van der Waals surface area (Å²) in [7, 11) is 0. The van der Waals surface area contributed by atoms with Crippen molar-refractivity contribution in [2.24, 2.45) is 5.92 Å². The Labute approximate surface area is 130 Å². The first-order chi connectivity index (χ1) is 9.85. The van der Waals surface area contributed by atoms with E-state index >= 15 is 0 Å². The molecular formula is C20H41. The van der Waals surface area contributed by atoms with Crippen LogP contribution in [-0.4, -0.2) is 0 Å². The van der Waals surface area contributed by atoms with E-state index < -0.39 is 0 Å². The molecule has 0 amide bonds. The molecule has 0 saturated carbocycles. The Morgan fingerprint density at radius 1 is 0.550 bits per heavy atom. The molecule has 0 bridgehead atoms. The van der Waals surface area contributed by atoms with E-state index in [-0.39, 0.29) is 0 Å². The second-order valence-corrected chi connectivity index (χ2v) is 6.62. The molecule has 0 fully saturated rings. The van der Waals surface area contributed by atoms with Crippen LogP contribution in [0.15, 0.2) is 0 Å². The van der Waals surface area contributed by atoms with Crippen LogP contribution in [0.1, 0.15) is 117 Å². The van der Waals surface area contributed by atoms with Crippen LogP contribution in [0.4, 0.5) is 0 Å². The average molecular weight is 282 g/mol. The molecule has 0 spiro atoms. The molecule has 20 heavy (non-hydrogen) atoms. The molecular weight excluding hydrogens is 240 g/mol. The Hall–Kier alpha value is 0. The number of hydrogen-bond donors (Lipinski definition) is 0. The summed E-state index contributed by atoms with van der Waals surface area (Å²) in [6.45, 7) is 8.58. The Kier molecular flexibility index (Phi) is 17.1. The van der Waals surface area contributed by atoms with E-state index in [1.54, 1.807) is 0 Å². The smallest absolute Gasteiger partial charge is 0.0414 e. The fourth-order valence-electron chi connectivity index (χ4n) is 3.12. The van der Waals surface area contributed by atoms with Crippen molar-refractivity contribution >= 4 is 0 Å². The first-order valence-electron chi connectivity index (χ1n) is 9.64. The van der Waals surface area contributed by atoms with Crippen molar-refractivity contribution in [2.45, 2.75) is 117 Å². The summed E-state index contributed by atoms with van der Waals surface area (Å²) < 4.78 is 0. The van der Waals surface area contributed by atoms with Gasteiger partial charge < -0.3 is 0 Å². The lowest BCUT2D eigenvalue weighted by Crippen LogP contribution is -2.01. The third kappa shape index (κ3) is 14.4. The van der Waals surface area contributed by atoms with Crippen LogP contribution in [0.2, 0.25) is 0 Å². The summed E-state index contributed by atoms with van der Waals surface area (Å²) in [6.07, 6.45) is 22.7. The van der Waals surface area contributed by atoms with Crippen molar-refractivity contribution in [3.05, 3.63) is 6.92 Å². The van der Waals surface area contributed by atoms with Gasteiger partial charge in [0.25, 0.3) is 0 Å². The summed E-state index contributed by atoms with van der Waals surface area (Å²) in [5, 5.41) is 0. The van der Waals surface area contributed by atoms with Crippen molar-refractivity contribution in [1.29, 1.82) is 0 Å². The van der Waals surface area contributed by atoms with E-state index in [2.05, 4.69) is 20.8 Å². The molecule has 0 heteroatoms. The molecule has 0 N–H and O–H groups in total. The number of unbranched alkanes of at least 4 members (excludes halogenated alkanes) is 10. The molecule has 0 aliphatic rings. The van der Waals surface area contributed by atoms with E-state index in [0.717, 1.165) is 12.3 Å². The molecule has 1 radical (unpaired) electrons. The van der Waals surface area contributed by atoms with Gasteiger partial charge in [-0.15, -0.1) is 0 Å². The monoisotopic (exact) mass is 281 g/mol. The van der Waals surface area contributed by atoms with Gasteiger partial charge in [0.05, 0.1) is 0 Å². The first-order valence-corrected chi connectivity index (χ1v) is 9.64. The minimum atomic E-state index is 1.02. The summed E-state index contributed by atoms with van der Waals surface area (Å²) in [5.41, 5.74) is 0. The van der Waals surface area contributed by atoms with Crippen molar-refractivity contribution < 1.29 is 0 Å². The number of rotatable bonds is 16. The standard InChI is InChI=1S/C20H41/c1-4-7-10-12-15-18-20(17-14-9-6-3)19-16-13-11-8-5-2/h20H,3-19H2,1-2H3. The summed E-state index contributed by atoms with van der Waals surface area (Å²) >= 11 is 0. The largest absolute Gasteiger partial charge is 0.0654 e. The lowest BCUT2D eigenvalue weighted by Gasteiger charge is -2.16. The zero-order valence-electron chi connectivity index (χ0n) is 14.6. The highest BCUT2D eigenvalue weighted by Gasteiger charge is 2.08. The Balaban J connectivity index is 3.64. The zero-order chi connectivity index (χ0) is 14.9. The summed E-state index contributed by atoms with van der Waals surface area (Å²) in [5.74, 6) is 1.02. The molecule has 0 aromatic rings. The highest BCUT2D eigenvalue weighted by Crippen LogP contribution is 2.24. The molecule has 0 rings (SSSR count). The third-order valence-electron chi connectivity index (χ3n) is 4.54. The molecule has 0 aromatic heterocycles. The molecule has 0 unspecified atom stereocenters. The highest BCUT2D eigenvalue weighted by molar-refractivity contribution is 4.62. The van der Waals surface area contributed by atoms with E-state index in [1.165, 1.54) is 96.3 Å². The van der Waals surface area contributed by atoms with Crippen LogP contribution < -0.4 is 0 Å². The molecule has 0 aliphatic carbocycles. The molecule has 0 nitrogen and oxygen atoms in total. The molecule has 0 atom stereocenters. The molecule has 121 valence electrons. The van der Waals surface area contributed by atoms with Gasteiger partial charge in [0.2, 0.25) is 0 Å². The average Bonchev–Trinajstić information content (AvgIpc) is 2.46. The lowest BCUT2D eigenvalue weighted by atomic mass is 9.90. The minimum Gasteiger partial charge on any atom is -0.0654 e. The van der Waals surface area contributed by atoms with Gasteiger partial charge in [-0.2, -0.15) is 0 Å². The molecule has 0 aliphatic heterocycles. The van der Waals surface area contributed by atoms with Crippen molar-refractivity contribution in [1.82, 2.24) is 0 Å². The van der Waals surface area contributed by atoms with E-state index in [0.29, 0.717) is 0 Å². The van der Waals surface area contributed by atoms with Crippen LogP contribution in [0.25, 0.3) is 0 Å². The van der Waals surface area contributed by atoms with E-state index in [1.807, 2.05) is 0 Å². The second-order valence-electron chi connectivity index (χ2n) is 6.62. The van der Waals surface area contributed by atoms with Crippen LogP contribution in [0.5, 0.6) is 0 Å². The Morgan fingerprint density at radius 3 is 1.35 bits per heavy atom. The Morgan fingerprint density at radius 2 is 0.950 bits per heavy atom. The van der Waals surface area contributed by atoms with Gasteiger partial charge in [0.1, 0.15) is 0 Å². The van der Waals surface area contributed by atoms with Crippen LogP contribution >= 0.6 is 0 Å². The minimum absolute atomic E-state index is 1.02. The summed E-state index contributed by atoms with van der Waals surface area (Å²) in [6, 6.07) is 0.